The first kappa shape index (κ1) is 62.4. The maximum atomic E-state index is 14.5. The zero-order valence-corrected chi connectivity index (χ0v) is 48.1. The van der Waals surface area contributed by atoms with Gasteiger partial charge in [-0.25, -0.2) is 39.1 Å². The fourth-order valence-corrected chi connectivity index (χ4v) is 11.1. The van der Waals surface area contributed by atoms with Crippen LogP contribution < -0.4 is 24.8 Å². The average molecular weight is 1220 g/mol. The number of nitrogens with zero attached hydrogens (tertiary/aromatic N) is 6. The molecular formula is C53H57Cl2F4N9O12S2. The van der Waals surface area contributed by atoms with E-state index in [0.29, 0.717) is 21.8 Å². The minimum absolute atomic E-state index is 0.0685. The molecule has 4 aromatic carbocycles. The van der Waals surface area contributed by atoms with Crippen molar-refractivity contribution in [2.45, 2.75) is 104 Å². The number of nitrogens with one attached hydrogen (secondary N) is 3. The number of halogens is 6. The van der Waals surface area contributed by atoms with Crippen molar-refractivity contribution in [3.05, 3.63) is 117 Å². The second-order valence-electron chi connectivity index (χ2n) is 20.6. The van der Waals surface area contributed by atoms with Gasteiger partial charge in [0.1, 0.15) is 72.0 Å². The molecule has 6 aromatic rings. The number of sulfone groups is 1. The van der Waals surface area contributed by atoms with E-state index in [0.717, 1.165) is 16.1 Å². The Hall–Kier alpha value is -7.20. The number of alkyl halides is 2. The van der Waals surface area contributed by atoms with E-state index >= 15 is 0 Å². The van der Waals surface area contributed by atoms with Crippen LogP contribution >= 0.6 is 23.2 Å². The van der Waals surface area contributed by atoms with Crippen molar-refractivity contribution in [3.63, 3.8) is 0 Å². The van der Waals surface area contributed by atoms with Gasteiger partial charge >= 0.3 is 0 Å². The molecule has 2 aliphatic rings. The number of ketones is 2. The van der Waals surface area contributed by atoms with E-state index in [1.165, 1.54) is 96.0 Å². The topological polar surface area (TPSA) is 267 Å². The molecule has 2 saturated heterocycles. The molecular weight excluding hydrogens is 1170 g/mol. The number of rotatable bonds is 19. The van der Waals surface area contributed by atoms with Crippen molar-refractivity contribution < 1.29 is 72.6 Å². The minimum atomic E-state index is -3.80. The summed E-state index contributed by atoms with van der Waals surface area (Å²) in [6.45, 7) is 5.71. The molecule has 440 valence electrons. The number of sulfonamides is 1. The number of ether oxygens (including phenoxy) is 2. The summed E-state index contributed by atoms with van der Waals surface area (Å²) in [7, 11) is -7.23. The van der Waals surface area contributed by atoms with E-state index < -0.39 is 110 Å². The van der Waals surface area contributed by atoms with Gasteiger partial charge in [0.2, 0.25) is 39.6 Å². The Labute approximate surface area is 478 Å². The number of hydrogen-bond acceptors (Lipinski definition) is 14. The number of amides is 4. The number of aromatic nitrogens is 4. The Morgan fingerprint density at radius 2 is 1.05 bits per heavy atom. The van der Waals surface area contributed by atoms with E-state index in [1.54, 1.807) is 20.8 Å². The summed E-state index contributed by atoms with van der Waals surface area (Å²) in [6, 6.07) is 15.3. The fourth-order valence-electron chi connectivity index (χ4n) is 9.09. The first-order valence-corrected chi connectivity index (χ1v) is 29.6. The Kier molecular flexibility index (Phi) is 19.4. The number of fused-ring (bicyclic) bond motifs is 2. The number of carbonyl (C=O) groups excluding carboxylic acids is 6. The number of likely N-dealkylation sites (tertiary alicyclic amines) is 2. The van der Waals surface area contributed by atoms with Gasteiger partial charge in [-0.05, 0) is 57.2 Å². The predicted molar refractivity (Wildman–Crippen MR) is 294 cm³/mol. The van der Waals surface area contributed by atoms with Crippen LogP contribution in [-0.4, -0.2) is 143 Å². The normalized spacial score (nSPS) is 17.4. The molecule has 82 heavy (non-hydrogen) atoms. The average Bonchev–Trinajstić information content (AvgIpc) is 4.19. The first-order chi connectivity index (χ1) is 38.4. The third-order valence-electron chi connectivity index (χ3n) is 12.7. The van der Waals surface area contributed by atoms with Crippen LogP contribution in [0.2, 0.25) is 10.0 Å². The molecule has 0 spiro atoms. The second kappa shape index (κ2) is 25.5. The summed E-state index contributed by atoms with van der Waals surface area (Å²) in [5.41, 5.74) is 0.314. The quantitative estimate of drug-likeness (QED) is 0.0620. The maximum absolute atomic E-state index is 14.5. The van der Waals surface area contributed by atoms with Crippen molar-refractivity contribution in [1.29, 1.82) is 0 Å². The third-order valence-corrected chi connectivity index (χ3v) is 15.2. The lowest BCUT2D eigenvalue weighted by Gasteiger charge is -2.24. The van der Waals surface area contributed by atoms with Gasteiger partial charge in [0.25, 0.3) is 0 Å². The lowest BCUT2D eigenvalue weighted by molar-refractivity contribution is -0.139. The van der Waals surface area contributed by atoms with Gasteiger partial charge in [0.05, 0.1) is 34.2 Å². The standard InChI is InChI=1S/C28H32ClF2N5O6S.C25H25ClF2N4O6S/c1-16(37)26-20-9-8-19(42-15-43(40,41)34-28(2,3)4)11-22(20)36(33-26)14-24(38)35-13-18(30)10-23(35)27(39)32-12-17-6-5-7-21(29)25(17)31;1-14(33)24-18-7-6-17(38-13-39(2,36)37)9-20(18)32(30-24)12-22(34)31-11-16(27)8-21(31)25(35)29-10-15-4-3-5-19(26)23(15)28/h5-9,11,18,23,34H,10,12-15H2,1-4H3,(H,32,39);3-7,9,16,21H,8,10-13H2,1-2H3,(H,29,35)/t18-,23+;16-,21+/m11/s1. The summed E-state index contributed by atoms with van der Waals surface area (Å²) < 4.78 is 121. The molecule has 0 bridgehead atoms. The van der Waals surface area contributed by atoms with Crippen LogP contribution in [0, 0.1) is 11.6 Å². The predicted octanol–water partition coefficient (Wildman–Crippen LogP) is 6.01. The van der Waals surface area contributed by atoms with E-state index in [-0.39, 0.29) is 94.6 Å². The van der Waals surface area contributed by atoms with Crippen LogP contribution in [-0.2, 0) is 65.2 Å². The van der Waals surface area contributed by atoms with Crippen LogP contribution in [0.1, 0.15) is 79.6 Å². The van der Waals surface area contributed by atoms with E-state index in [4.69, 9.17) is 32.7 Å². The highest BCUT2D eigenvalue weighted by atomic mass is 35.5. The molecule has 4 heterocycles. The molecule has 0 unspecified atom stereocenters. The monoisotopic (exact) mass is 1220 g/mol. The molecule has 0 aliphatic carbocycles. The van der Waals surface area contributed by atoms with Crippen molar-refractivity contribution in [2.75, 3.05) is 31.2 Å². The molecule has 8 rings (SSSR count). The highest BCUT2D eigenvalue weighted by Gasteiger charge is 2.41. The van der Waals surface area contributed by atoms with Crippen molar-refractivity contribution in [1.82, 2.24) is 44.7 Å². The molecule has 2 aromatic heterocycles. The summed E-state index contributed by atoms with van der Waals surface area (Å²) in [6.07, 6.45) is -2.39. The summed E-state index contributed by atoms with van der Waals surface area (Å²) in [4.78, 5) is 79.1. The van der Waals surface area contributed by atoms with Crippen molar-refractivity contribution in [2.24, 2.45) is 0 Å². The molecule has 2 fully saturated rings. The molecule has 21 nitrogen and oxygen atoms in total. The lowest BCUT2D eigenvalue weighted by atomic mass is 10.1. The zero-order valence-electron chi connectivity index (χ0n) is 45.0. The van der Waals surface area contributed by atoms with Crippen LogP contribution in [0.5, 0.6) is 11.5 Å². The van der Waals surface area contributed by atoms with Gasteiger partial charge in [-0.15, -0.1) is 0 Å². The zero-order chi connectivity index (χ0) is 60.2. The summed E-state index contributed by atoms with van der Waals surface area (Å²) >= 11 is 11.6. The fraction of sp³-hybridized carbons (Fsp3) is 0.396. The van der Waals surface area contributed by atoms with E-state index in [2.05, 4.69) is 25.6 Å². The Bertz CT molecular complexity index is 3710. The molecule has 2 aliphatic heterocycles. The molecule has 4 amide bonds. The van der Waals surface area contributed by atoms with Gasteiger partial charge in [-0.3, -0.25) is 38.1 Å². The van der Waals surface area contributed by atoms with Crippen molar-refractivity contribution in [3.8, 4) is 11.5 Å². The number of Topliss-reactive ketones (excluding diaryl/α,β-unsaturated/α-hetero) is 2. The molecule has 0 saturated carbocycles. The van der Waals surface area contributed by atoms with Crippen LogP contribution in [0.15, 0.2) is 72.8 Å². The van der Waals surface area contributed by atoms with Gasteiger partial charge in [0, 0.05) is 85.6 Å². The Morgan fingerprint density at radius 3 is 1.43 bits per heavy atom. The van der Waals surface area contributed by atoms with Crippen LogP contribution in [0.25, 0.3) is 21.8 Å². The smallest absolute Gasteiger partial charge is 0.247 e. The summed E-state index contributed by atoms with van der Waals surface area (Å²) in [5, 5.41) is 14.1. The van der Waals surface area contributed by atoms with E-state index in [1.807, 2.05) is 0 Å². The molecule has 0 radical (unpaired) electrons. The van der Waals surface area contributed by atoms with Crippen LogP contribution in [0.4, 0.5) is 17.6 Å². The highest BCUT2D eigenvalue weighted by Crippen LogP contribution is 2.30. The molecule has 29 heteroatoms. The number of benzene rings is 4. The number of hydrogen-bond donors (Lipinski definition) is 3. The van der Waals surface area contributed by atoms with Gasteiger partial charge in [0.15, 0.2) is 27.3 Å². The Morgan fingerprint density at radius 1 is 0.646 bits per heavy atom. The Balaban J connectivity index is 0.000000237. The van der Waals surface area contributed by atoms with Gasteiger partial charge in [-0.2, -0.15) is 10.2 Å². The van der Waals surface area contributed by atoms with Crippen LogP contribution in [0.3, 0.4) is 0 Å². The lowest BCUT2D eigenvalue weighted by Crippen LogP contribution is -2.46. The first-order valence-electron chi connectivity index (χ1n) is 25.1. The highest BCUT2D eigenvalue weighted by molar-refractivity contribution is 7.90. The molecule has 3 N–H and O–H groups in total. The second-order valence-corrected chi connectivity index (χ2v) is 25.1. The minimum Gasteiger partial charge on any atom is -0.478 e. The number of carbonyl (C=O) groups is 6. The maximum Gasteiger partial charge on any atom is 0.247 e. The van der Waals surface area contributed by atoms with Gasteiger partial charge in [-0.1, -0.05) is 47.5 Å². The largest absolute Gasteiger partial charge is 0.478 e. The molecule has 4 atom stereocenters. The third kappa shape index (κ3) is 15.7. The van der Waals surface area contributed by atoms with Gasteiger partial charge < -0.3 is 29.9 Å². The summed E-state index contributed by atoms with van der Waals surface area (Å²) in [5.74, 6) is -5.65. The van der Waals surface area contributed by atoms with Crippen molar-refractivity contribution >= 4 is 100 Å². The SMILES string of the molecule is CC(=O)c1nn(CC(=O)N2C[C@H](F)C[C@H]2C(=O)NCc2cccc(Cl)c2F)c2cc(OCS(=O)(=O)NC(C)(C)C)ccc12.CC(=O)c1nn(CC(=O)N2C[C@H](F)C[C@H]2C(=O)NCc2cccc(Cl)c2F)c2cc(OCS(C)(=O)=O)ccc12. The van der Waals surface area contributed by atoms with E-state index in [9.17, 15) is 63.2 Å².